The van der Waals surface area contributed by atoms with Crippen molar-refractivity contribution in [3.63, 3.8) is 0 Å². The van der Waals surface area contributed by atoms with E-state index < -0.39 is 0 Å². The number of hydrogen-bond donors (Lipinski definition) is 0. The molecule has 1 nitrogen and oxygen atoms in total. The molecular weight excluding hydrogens is 255 g/mol. The summed E-state index contributed by atoms with van der Waals surface area (Å²) in [6.07, 6.45) is 0. The fourth-order valence-electron chi connectivity index (χ4n) is 1.64. The second-order valence-corrected chi connectivity index (χ2v) is 4.61. The molecule has 3 heteroatoms. The number of halogens is 2. The van der Waals surface area contributed by atoms with Crippen LogP contribution in [-0.4, -0.2) is 5.78 Å². The molecule has 2 rings (SSSR count). The number of ketones is 1. The van der Waals surface area contributed by atoms with Gasteiger partial charge in [-0.15, -0.1) is 0 Å². The highest BCUT2D eigenvalue weighted by molar-refractivity contribution is 6.36. The molecule has 0 N–H and O–H groups in total. The van der Waals surface area contributed by atoms with E-state index in [1.165, 1.54) is 0 Å². The molecule has 0 spiro atoms. The Labute approximate surface area is 110 Å². The van der Waals surface area contributed by atoms with E-state index in [4.69, 9.17) is 23.2 Å². The summed E-state index contributed by atoms with van der Waals surface area (Å²) in [5, 5.41) is 0.925. The van der Waals surface area contributed by atoms with Gasteiger partial charge in [-0.2, -0.15) is 0 Å². The molecule has 0 bridgehead atoms. The molecule has 0 aliphatic carbocycles. The quantitative estimate of drug-likeness (QED) is 0.729. The van der Waals surface area contributed by atoms with Crippen LogP contribution in [0, 0.1) is 6.92 Å². The molecule has 86 valence electrons. The highest BCUT2D eigenvalue weighted by Gasteiger charge is 2.14. The largest absolute Gasteiger partial charge is 0.289 e. The maximum atomic E-state index is 12.3. The van der Waals surface area contributed by atoms with Gasteiger partial charge in [0, 0.05) is 16.1 Å². The molecule has 0 radical (unpaired) electrons. The minimum absolute atomic E-state index is 0.101. The molecule has 0 heterocycles. The average molecular weight is 265 g/mol. The Balaban J connectivity index is 2.51. The summed E-state index contributed by atoms with van der Waals surface area (Å²) in [5.41, 5.74) is 2.01. The van der Waals surface area contributed by atoms with Crippen LogP contribution in [0.4, 0.5) is 0 Å². The number of hydrogen-bond acceptors (Lipinski definition) is 1. The van der Waals surface area contributed by atoms with Gasteiger partial charge < -0.3 is 0 Å². The van der Waals surface area contributed by atoms with E-state index in [-0.39, 0.29) is 5.78 Å². The maximum Gasteiger partial charge on any atom is 0.194 e. The molecule has 0 aliphatic heterocycles. The Bertz CT molecular complexity index is 576. The first-order valence-electron chi connectivity index (χ1n) is 5.15. The van der Waals surface area contributed by atoms with E-state index in [0.29, 0.717) is 21.2 Å². The Hall–Kier alpha value is -1.31. The monoisotopic (exact) mass is 264 g/mol. The lowest BCUT2D eigenvalue weighted by Gasteiger charge is -2.06. The van der Waals surface area contributed by atoms with Gasteiger partial charge in [0.2, 0.25) is 0 Å². The van der Waals surface area contributed by atoms with Crippen LogP contribution in [-0.2, 0) is 0 Å². The van der Waals surface area contributed by atoms with Crippen molar-refractivity contribution < 1.29 is 4.79 Å². The number of benzene rings is 2. The van der Waals surface area contributed by atoms with Crippen molar-refractivity contribution in [2.45, 2.75) is 6.92 Å². The van der Waals surface area contributed by atoms with Gasteiger partial charge in [0.25, 0.3) is 0 Å². The van der Waals surface area contributed by atoms with Crippen molar-refractivity contribution in [2.24, 2.45) is 0 Å². The summed E-state index contributed by atoms with van der Waals surface area (Å²) < 4.78 is 0. The summed E-state index contributed by atoms with van der Waals surface area (Å²) in [4.78, 5) is 12.3. The van der Waals surface area contributed by atoms with Crippen LogP contribution in [0.1, 0.15) is 21.5 Å². The topological polar surface area (TPSA) is 17.1 Å². The second-order valence-electron chi connectivity index (χ2n) is 3.77. The van der Waals surface area contributed by atoms with E-state index in [2.05, 4.69) is 0 Å². The molecule has 0 aromatic heterocycles. The van der Waals surface area contributed by atoms with Crippen molar-refractivity contribution in [2.75, 3.05) is 0 Å². The number of aryl methyl sites for hydroxylation is 1. The van der Waals surface area contributed by atoms with Crippen molar-refractivity contribution >= 4 is 29.0 Å². The second kappa shape index (κ2) is 4.91. The van der Waals surface area contributed by atoms with E-state index in [1.807, 2.05) is 25.1 Å². The molecule has 0 fully saturated rings. The van der Waals surface area contributed by atoms with Gasteiger partial charge in [-0.3, -0.25) is 4.79 Å². The first-order valence-corrected chi connectivity index (χ1v) is 5.90. The van der Waals surface area contributed by atoms with E-state index in [0.717, 1.165) is 5.56 Å². The zero-order valence-electron chi connectivity index (χ0n) is 9.21. The lowest BCUT2D eigenvalue weighted by Crippen LogP contribution is -2.04. The van der Waals surface area contributed by atoms with Crippen molar-refractivity contribution in [3.8, 4) is 0 Å². The standard InChI is InChI=1S/C14H10Cl2O/c1-9-4-2-3-5-11(9)14(17)12-8-10(15)6-7-13(12)16/h2-8H,1H3. The van der Waals surface area contributed by atoms with Crippen LogP contribution < -0.4 is 0 Å². The van der Waals surface area contributed by atoms with Crippen LogP contribution >= 0.6 is 23.2 Å². The van der Waals surface area contributed by atoms with Crippen molar-refractivity contribution in [1.29, 1.82) is 0 Å². The average Bonchev–Trinajstić information content (AvgIpc) is 2.32. The van der Waals surface area contributed by atoms with Gasteiger partial charge in [0.1, 0.15) is 0 Å². The zero-order valence-corrected chi connectivity index (χ0v) is 10.7. The van der Waals surface area contributed by atoms with E-state index >= 15 is 0 Å². The van der Waals surface area contributed by atoms with Gasteiger partial charge in [0.05, 0.1) is 5.02 Å². The molecule has 2 aromatic carbocycles. The lowest BCUT2D eigenvalue weighted by atomic mass is 9.99. The smallest absolute Gasteiger partial charge is 0.194 e. The molecule has 0 amide bonds. The van der Waals surface area contributed by atoms with Crippen LogP contribution in [0.15, 0.2) is 42.5 Å². The molecule has 0 saturated carbocycles. The molecule has 0 unspecified atom stereocenters. The Morgan fingerprint density at radius 3 is 2.41 bits per heavy atom. The fraction of sp³-hybridized carbons (Fsp3) is 0.0714. The summed E-state index contributed by atoms with van der Waals surface area (Å²) in [5.74, 6) is -0.101. The number of carbonyl (C=O) groups is 1. The van der Waals surface area contributed by atoms with Gasteiger partial charge in [-0.05, 0) is 30.7 Å². The molecular formula is C14H10Cl2O. The Kier molecular flexibility index (Phi) is 3.51. The van der Waals surface area contributed by atoms with Gasteiger partial charge >= 0.3 is 0 Å². The summed E-state index contributed by atoms with van der Waals surface area (Å²) in [6.45, 7) is 1.89. The third-order valence-corrected chi connectivity index (χ3v) is 3.13. The SMILES string of the molecule is Cc1ccccc1C(=O)c1cc(Cl)ccc1Cl. The fourth-order valence-corrected chi connectivity index (χ4v) is 2.02. The highest BCUT2D eigenvalue weighted by atomic mass is 35.5. The number of rotatable bonds is 2. The molecule has 2 aromatic rings. The maximum absolute atomic E-state index is 12.3. The van der Waals surface area contributed by atoms with Gasteiger partial charge in [0.15, 0.2) is 5.78 Å². The first-order chi connectivity index (χ1) is 8.09. The van der Waals surface area contributed by atoms with E-state index in [9.17, 15) is 4.79 Å². The first kappa shape index (κ1) is 12.2. The Morgan fingerprint density at radius 1 is 1.00 bits per heavy atom. The zero-order chi connectivity index (χ0) is 12.4. The molecule has 0 saturated heterocycles. The van der Waals surface area contributed by atoms with E-state index in [1.54, 1.807) is 24.3 Å². The Morgan fingerprint density at radius 2 is 1.71 bits per heavy atom. The summed E-state index contributed by atoms with van der Waals surface area (Å²) >= 11 is 11.9. The number of carbonyl (C=O) groups excluding carboxylic acids is 1. The predicted molar refractivity (Wildman–Crippen MR) is 71.1 cm³/mol. The third-order valence-electron chi connectivity index (χ3n) is 2.56. The van der Waals surface area contributed by atoms with Crippen molar-refractivity contribution in [3.05, 3.63) is 69.2 Å². The summed E-state index contributed by atoms with van der Waals surface area (Å²) in [7, 11) is 0. The molecule has 0 atom stereocenters. The van der Waals surface area contributed by atoms with Gasteiger partial charge in [-0.1, -0.05) is 47.5 Å². The van der Waals surface area contributed by atoms with Crippen LogP contribution in [0.25, 0.3) is 0 Å². The van der Waals surface area contributed by atoms with Gasteiger partial charge in [-0.25, -0.2) is 0 Å². The lowest BCUT2D eigenvalue weighted by molar-refractivity contribution is 0.103. The third kappa shape index (κ3) is 2.51. The normalized spacial score (nSPS) is 10.3. The van der Waals surface area contributed by atoms with Crippen LogP contribution in [0.5, 0.6) is 0 Å². The molecule has 17 heavy (non-hydrogen) atoms. The van der Waals surface area contributed by atoms with Crippen LogP contribution in [0.2, 0.25) is 10.0 Å². The predicted octanol–water partition coefficient (Wildman–Crippen LogP) is 4.53. The summed E-state index contributed by atoms with van der Waals surface area (Å²) in [6, 6.07) is 12.3. The minimum atomic E-state index is -0.101. The van der Waals surface area contributed by atoms with Crippen LogP contribution in [0.3, 0.4) is 0 Å². The minimum Gasteiger partial charge on any atom is -0.289 e. The van der Waals surface area contributed by atoms with Crippen molar-refractivity contribution in [1.82, 2.24) is 0 Å². The molecule has 0 aliphatic rings. The highest BCUT2D eigenvalue weighted by Crippen LogP contribution is 2.24.